The van der Waals surface area contributed by atoms with Gasteiger partial charge in [0.15, 0.2) is 0 Å². The molecule has 170 valence electrons. The van der Waals surface area contributed by atoms with Crippen LogP contribution in [-0.2, 0) is 10.0 Å². The van der Waals surface area contributed by atoms with E-state index >= 15 is 0 Å². The summed E-state index contributed by atoms with van der Waals surface area (Å²) in [6.45, 7) is 2.29. The van der Waals surface area contributed by atoms with E-state index in [1.807, 2.05) is 6.92 Å². The summed E-state index contributed by atoms with van der Waals surface area (Å²) in [7, 11) is 0.492. The molecule has 0 radical (unpaired) electrons. The lowest BCUT2D eigenvalue weighted by Gasteiger charge is -2.15. The summed E-state index contributed by atoms with van der Waals surface area (Å²) in [5.41, 5.74) is 0.757. The number of nitrogens with one attached hydrogen (secondary N) is 1. The minimum absolute atomic E-state index is 0.0140. The third-order valence-electron chi connectivity index (χ3n) is 5.17. The van der Waals surface area contributed by atoms with Crippen LogP contribution in [0.3, 0.4) is 0 Å². The number of benzene rings is 2. The maximum atomic E-state index is 12.9. The summed E-state index contributed by atoms with van der Waals surface area (Å²) < 4.78 is 31.2. The number of rotatable bonds is 8. The zero-order chi connectivity index (χ0) is 23.6. The van der Waals surface area contributed by atoms with Crippen molar-refractivity contribution in [3.8, 4) is 5.75 Å². The van der Waals surface area contributed by atoms with E-state index in [1.54, 1.807) is 0 Å². The molecule has 0 aliphatic carbocycles. The number of hydrogen-bond acceptors (Lipinski definition) is 6. The molecule has 0 saturated heterocycles. The van der Waals surface area contributed by atoms with Gasteiger partial charge in [0, 0.05) is 26.2 Å². The molecule has 0 aromatic heterocycles. The Morgan fingerprint density at radius 1 is 1.06 bits per heavy atom. The van der Waals surface area contributed by atoms with Crippen LogP contribution < -0.4 is 10.1 Å². The molecular weight excluding hydrogens is 434 g/mol. The van der Waals surface area contributed by atoms with Crippen LogP contribution in [0, 0.1) is 0 Å². The second-order valence-electron chi connectivity index (χ2n) is 7.48. The first-order chi connectivity index (χ1) is 15.1. The lowest BCUT2D eigenvalue weighted by atomic mass is 10.1. The highest BCUT2D eigenvalue weighted by Gasteiger charge is 2.35. The third kappa shape index (κ3) is 4.23. The van der Waals surface area contributed by atoms with E-state index in [-0.39, 0.29) is 38.9 Å². The minimum Gasteiger partial charge on any atom is -0.495 e. The lowest BCUT2D eigenvalue weighted by molar-refractivity contribution is 0.0652. The third-order valence-corrected chi connectivity index (χ3v) is 6.98. The zero-order valence-electron chi connectivity index (χ0n) is 18.3. The fraction of sp³-hybridized carbons (Fsp3) is 0.318. The molecule has 2 aromatic rings. The SMILES string of the molecule is CCCCN1C(=O)c2ccc(C(=O)Nc3cc(S(=O)(=O)N(C)C)ccc3OC)cc2C1=O. The molecular formula is C22H25N3O6S. The average molecular weight is 460 g/mol. The number of nitrogens with zero attached hydrogens (tertiary/aromatic N) is 2. The zero-order valence-corrected chi connectivity index (χ0v) is 19.2. The van der Waals surface area contributed by atoms with Crippen LogP contribution in [0.2, 0.25) is 0 Å². The largest absolute Gasteiger partial charge is 0.495 e. The summed E-state index contributed by atoms with van der Waals surface area (Å²) in [4.78, 5) is 39.2. The van der Waals surface area contributed by atoms with Crippen molar-refractivity contribution in [2.24, 2.45) is 0 Å². The summed E-state index contributed by atoms with van der Waals surface area (Å²) >= 11 is 0. The molecule has 1 aliphatic rings. The fourth-order valence-corrected chi connectivity index (χ4v) is 4.23. The first-order valence-corrected chi connectivity index (χ1v) is 11.5. The fourth-order valence-electron chi connectivity index (χ4n) is 3.30. The van der Waals surface area contributed by atoms with Gasteiger partial charge < -0.3 is 10.1 Å². The van der Waals surface area contributed by atoms with Gasteiger partial charge in [-0.15, -0.1) is 0 Å². The van der Waals surface area contributed by atoms with E-state index < -0.39 is 21.8 Å². The van der Waals surface area contributed by atoms with Crippen LogP contribution in [0.15, 0.2) is 41.3 Å². The Labute approximate surface area is 187 Å². The standard InChI is InChI=1S/C22H25N3O6S/c1-5-6-11-25-21(27)16-9-7-14(12-17(16)22(25)28)20(26)23-18-13-15(8-10-19(18)31-4)32(29,30)24(2)3/h7-10,12-13H,5-6,11H2,1-4H3,(H,23,26). The van der Waals surface area contributed by atoms with Crippen molar-refractivity contribution in [2.75, 3.05) is 33.1 Å². The highest BCUT2D eigenvalue weighted by Crippen LogP contribution is 2.30. The number of methoxy groups -OCH3 is 1. The van der Waals surface area contributed by atoms with Crippen molar-refractivity contribution in [3.63, 3.8) is 0 Å². The highest BCUT2D eigenvalue weighted by atomic mass is 32.2. The van der Waals surface area contributed by atoms with Gasteiger partial charge >= 0.3 is 0 Å². The van der Waals surface area contributed by atoms with Gasteiger partial charge in [-0.1, -0.05) is 13.3 Å². The van der Waals surface area contributed by atoms with Crippen LogP contribution in [-0.4, -0.2) is 63.1 Å². The molecule has 2 aromatic carbocycles. The van der Waals surface area contributed by atoms with E-state index in [9.17, 15) is 22.8 Å². The van der Waals surface area contributed by atoms with Crippen molar-refractivity contribution in [1.82, 2.24) is 9.21 Å². The van der Waals surface area contributed by atoms with Gasteiger partial charge in [0.25, 0.3) is 17.7 Å². The molecule has 0 fully saturated rings. The predicted molar refractivity (Wildman–Crippen MR) is 119 cm³/mol. The van der Waals surface area contributed by atoms with Crippen LogP contribution in [0.4, 0.5) is 5.69 Å². The van der Waals surface area contributed by atoms with Crippen LogP contribution in [0.25, 0.3) is 0 Å². The Kier molecular flexibility index (Phi) is 6.65. The van der Waals surface area contributed by atoms with Gasteiger partial charge in [-0.3, -0.25) is 19.3 Å². The minimum atomic E-state index is -3.72. The highest BCUT2D eigenvalue weighted by molar-refractivity contribution is 7.89. The van der Waals surface area contributed by atoms with Gasteiger partial charge in [-0.2, -0.15) is 0 Å². The van der Waals surface area contributed by atoms with Crippen LogP contribution in [0.1, 0.15) is 50.8 Å². The summed E-state index contributed by atoms with van der Waals surface area (Å²) in [6.07, 6.45) is 1.54. The first kappa shape index (κ1) is 23.4. The molecule has 0 unspecified atom stereocenters. The van der Waals surface area contributed by atoms with Gasteiger partial charge in [-0.25, -0.2) is 12.7 Å². The van der Waals surface area contributed by atoms with E-state index in [2.05, 4.69) is 5.32 Å². The molecule has 0 atom stereocenters. The molecule has 3 rings (SSSR count). The molecule has 0 spiro atoms. The molecule has 3 amide bonds. The average Bonchev–Trinajstić information content (AvgIpc) is 3.01. The maximum absolute atomic E-state index is 12.9. The van der Waals surface area contributed by atoms with Crippen molar-refractivity contribution in [1.29, 1.82) is 0 Å². The van der Waals surface area contributed by atoms with E-state index in [4.69, 9.17) is 4.74 Å². The molecule has 1 heterocycles. The van der Waals surface area contributed by atoms with Gasteiger partial charge in [0.05, 0.1) is 28.8 Å². The smallest absolute Gasteiger partial charge is 0.261 e. The molecule has 1 aliphatic heterocycles. The number of amides is 3. The Hall–Kier alpha value is -3.24. The quantitative estimate of drug-likeness (QED) is 0.607. The molecule has 9 nitrogen and oxygen atoms in total. The Bertz CT molecular complexity index is 1190. The molecule has 0 saturated carbocycles. The number of carbonyl (C=O) groups excluding carboxylic acids is 3. The number of carbonyl (C=O) groups is 3. The second-order valence-corrected chi connectivity index (χ2v) is 9.63. The summed E-state index contributed by atoms with van der Waals surface area (Å²) in [6, 6.07) is 8.43. The van der Waals surface area contributed by atoms with Gasteiger partial charge in [0.2, 0.25) is 10.0 Å². The number of ether oxygens (including phenoxy) is 1. The summed E-state index contributed by atoms with van der Waals surface area (Å²) in [5.74, 6) is -1.09. The van der Waals surface area contributed by atoms with Crippen molar-refractivity contribution in [3.05, 3.63) is 53.1 Å². The van der Waals surface area contributed by atoms with E-state index in [0.29, 0.717) is 13.0 Å². The summed E-state index contributed by atoms with van der Waals surface area (Å²) in [5, 5.41) is 2.64. The number of fused-ring (bicyclic) bond motifs is 1. The Morgan fingerprint density at radius 2 is 1.75 bits per heavy atom. The lowest BCUT2D eigenvalue weighted by Crippen LogP contribution is -2.30. The Morgan fingerprint density at radius 3 is 2.38 bits per heavy atom. The monoisotopic (exact) mass is 459 g/mol. The van der Waals surface area contributed by atoms with Crippen LogP contribution >= 0.6 is 0 Å². The molecule has 0 bridgehead atoms. The van der Waals surface area contributed by atoms with Crippen molar-refractivity contribution < 1.29 is 27.5 Å². The Balaban J connectivity index is 1.90. The molecule has 1 N–H and O–H groups in total. The predicted octanol–water partition coefficient (Wildman–Crippen LogP) is 2.59. The first-order valence-electron chi connectivity index (χ1n) is 10.0. The second kappa shape index (κ2) is 9.09. The van der Waals surface area contributed by atoms with E-state index in [0.717, 1.165) is 10.7 Å². The molecule has 10 heteroatoms. The number of anilines is 1. The van der Waals surface area contributed by atoms with Gasteiger partial charge in [0.1, 0.15) is 5.75 Å². The topological polar surface area (TPSA) is 113 Å². The number of imide groups is 1. The van der Waals surface area contributed by atoms with Crippen molar-refractivity contribution in [2.45, 2.75) is 24.7 Å². The van der Waals surface area contributed by atoms with E-state index in [1.165, 1.54) is 62.5 Å². The number of sulfonamides is 1. The van der Waals surface area contributed by atoms with Crippen LogP contribution in [0.5, 0.6) is 5.75 Å². The number of hydrogen-bond donors (Lipinski definition) is 1. The van der Waals surface area contributed by atoms with Crippen molar-refractivity contribution >= 4 is 33.4 Å². The normalized spacial score (nSPS) is 13.5. The molecule has 32 heavy (non-hydrogen) atoms. The maximum Gasteiger partial charge on any atom is 0.261 e. The van der Waals surface area contributed by atoms with Gasteiger partial charge in [-0.05, 0) is 42.8 Å². The number of unbranched alkanes of at least 4 members (excludes halogenated alkanes) is 1.